The molecule has 0 radical (unpaired) electrons. The molecule has 0 bridgehead atoms. The molecule has 0 spiro atoms. The molecule has 7 heteroatoms. The van der Waals surface area contributed by atoms with Gasteiger partial charge in [0.1, 0.15) is 0 Å². The number of carbonyl (C=O) groups excluding carboxylic acids is 1. The van der Waals surface area contributed by atoms with Gasteiger partial charge in [0.15, 0.2) is 0 Å². The Morgan fingerprint density at radius 3 is 1.84 bits per heavy atom. The monoisotopic (exact) mass is 288 g/mol. The average molecular weight is 288 g/mol. The fourth-order valence-electron chi connectivity index (χ4n) is 1.74. The molecule has 110 valence electrons. The van der Waals surface area contributed by atoms with Crippen molar-refractivity contribution < 1.29 is 42.2 Å². The first-order valence-electron chi connectivity index (χ1n) is 6.65. The minimum atomic E-state index is -4.63. The first-order chi connectivity index (χ1) is 8.45. The second-order valence-electron chi connectivity index (χ2n) is 4.46. The molecule has 0 aromatic rings. The van der Waals surface area contributed by atoms with Crippen LogP contribution >= 0.6 is 0 Å². The maximum atomic E-state index is 10.9. The first-order valence-corrected chi connectivity index (χ1v) is 8.02. The quantitative estimate of drug-likeness (QED) is 0.337. The molecule has 0 atom stereocenters. The topological polar surface area (TPSA) is 80.7 Å². The SMILES string of the molecule is CCCCCCCCCCCC(=O)OS(=O)(=O)O.[H-].[Li+]. The third kappa shape index (κ3) is 18.0. The van der Waals surface area contributed by atoms with Crippen molar-refractivity contribution in [3.05, 3.63) is 0 Å². The molecular weight excluding hydrogens is 263 g/mol. The Hall–Kier alpha value is -0.0226. The molecule has 0 amide bonds. The number of rotatable bonds is 11. The summed E-state index contributed by atoms with van der Waals surface area (Å²) >= 11 is 0. The summed E-state index contributed by atoms with van der Waals surface area (Å²) in [5, 5.41) is 0. The van der Waals surface area contributed by atoms with Crippen LogP contribution in [0.5, 0.6) is 0 Å². The predicted octanol–water partition coefficient (Wildman–Crippen LogP) is 0.370. The van der Waals surface area contributed by atoms with E-state index < -0.39 is 16.4 Å². The fraction of sp³-hybridized carbons (Fsp3) is 0.917. The van der Waals surface area contributed by atoms with Gasteiger partial charge in [0.25, 0.3) is 0 Å². The smallest absolute Gasteiger partial charge is 1.00 e. The van der Waals surface area contributed by atoms with Crippen LogP contribution in [0.25, 0.3) is 0 Å². The summed E-state index contributed by atoms with van der Waals surface area (Å²) in [5.74, 6) is -0.888. The van der Waals surface area contributed by atoms with E-state index in [4.69, 9.17) is 4.55 Å². The number of hydrogen-bond donors (Lipinski definition) is 1. The zero-order valence-electron chi connectivity index (χ0n) is 13.1. The third-order valence-electron chi connectivity index (χ3n) is 2.68. The van der Waals surface area contributed by atoms with E-state index in [0.717, 1.165) is 19.3 Å². The minimum absolute atomic E-state index is 0. The molecule has 0 saturated heterocycles. The molecule has 0 aromatic carbocycles. The van der Waals surface area contributed by atoms with E-state index in [1.807, 2.05) is 0 Å². The van der Waals surface area contributed by atoms with E-state index in [0.29, 0.717) is 6.42 Å². The molecule has 0 aliphatic rings. The maximum Gasteiger partial charge on any atom is 1.00 e. The molecule has 0 unspecified atom stereocenters. The van der Waals surface area contributed by atoms with Crippen molar-refractivity contribution in [3.8, 4) is 0 Å². The molecule has 19 heavy (non-hydrogen) atoms. The summed E-state index contributed by atoms with van der Waals surface area (Å²) in [6.07, 6.45) is 10.0. The number of hydrogen-bond acceptors (Lipinski definition) is 4. The second-order valence-corrected chi connectivity index (χ2v) is 5.48. The Balaban J connectivity index is -0.00000144. The standard InChI is InChI=1S/C12H24O5S.Li.H/c1-2-3-4-5-6-7-8-9-10-11-12(13)17-18(14,15)16;;/h2-11H2,1H3,(H,14,15,16);;/q;+1;-1. The minimum Gasteiger partial charge on any atom is -1.00 e. The van der Waals surface area contributed by atoms with Crippen molar-refractivity contribution in [3.63, 3.8) is 0 Å². The van der Waals surface area contributed by atoms with E-state index in [1.165, 1.54) is 32.1 Å². The summed E-state index contributed by atoms with van der Waals surface area (Å²) < 4.78 is 32.5. The summed E-state index contributed by atoms with van der Waals surface area (Å²) in [6, 6.07) is 0. The number of carbonyl (C=O) groups is 1. The van der Waals surface area contributed by atoms with Gasteiger partial charge in [-0.3, -0.25) is 9.35 Å². The number of unbranched alkanes of at least 4 members (excludes halogenated alkanes) is 8. The van der Waals surface area contributed by atoms with Gasteiger partial charge in [0.05, 0.1) is 0 Å². The van der Waals surface area contributed by atoms with Gasteiger partial charge in [-0.15, -0.1) is 0 Å². The van der Waals surface area contributed by atoms with Crippen LogP contribution in [0.4, 0.5) is 0 Å². The van der Waals surface area contributed by atoms with Crippen molar-refractivity contribution in [2.75, 3.05) is 0 Å². The van der Waals surface area contributed by atoms with Crippen molar-refractivity contribution in [2.45, 2.75) is 71.1 Å². The molecule has 0 fully saturated rings. The normalized spacial score (nSPS) is 10.8. The Kier molecular flexibility index (Phi) is 14.5. The zero-order valence-corrected chi connectivity index (χ0v) is 12.9. The Morgan fingerprint density at radius 1 is 1.00 bits per heavy atom. The van der Waals surface area contributed by atoms with E-state index in [1.54, 1.807) is 0 Å². The molecule has 0 aromatic heterocycles. The third-order valence-corrected chi connectivity index (χ3v) is 3.08. The van der Waals surface area contributed by atoms with E-state index in [9.17, 15) is 13.2 Å². The molecular formula is C12H25LiO5S. The van der Waals surface area contributed by atoms with Crippen molar-refractivity contribution in [2.24, 2.45) is 0 Å². The van der Waals surface area contributed by atoms with Crippen molar-refractivity contribution in [1.29, 1.82) is 0 Å². The van der Waals surface area contributed by atoms with E-state index in [-0.39, 0.29) is 26.7 Å². The Bertz CT molecular complexity index is 322. The van der Waals surface area contributed by atoms with Crippen LogP contribution in [-0.2, 0) is 19.4 Å². The molecule has 0 saturated carbocycles. The molecule has 5 nitrogen and oxygen atoms in total. The second kappa shape index (κ2) is 13.0. The van der Waals surface area contributed by atoms with Gasteiger partial charge in [-0.2, -0.15) is 8.42 Å². The summed E-state index contributed by atoms with van der Waals surface area (Å²) in [5.41, 5.74) is 0. The Labute approximate surface area is 130 Å². The van der Waals surface area contributed by atoms with Crippen molar-refractivity contribution >= 4 is 16.4 Å². The van der Waals surface area contributed by atoms with Gasteiger partial charge >= 0.3 is 35.2 Å². The van der Waals surface area contributed by atoms with Crippen molar-refractivity contribution in [1.82, 2.24) is 0 Å². The van der Waals surface area contributed by atoms with Crippen LogP contribution in [-0.4, -0.2) is 18.9 Å². The van der Waals surface area contributed by atoms with E-state index >= 15 is 0 Å². The Morgan fingerprint density at radius 2 is 1.42 bits per heavy atom. The molecule has 0 aliphatic carbocycles. The zero-order chi connectivity index (χ0) is 13.9. The van der Waals surface area contributed by atoms with Crippen LogP contribution in [0.15, 0.2) is 0 Å². The predicted molar refractivity (Wildman–Crippen MR) is 70.6 cm³/mol. The van der Waals surface area contributed by atoms with Crippen LogP contribution < -0.4 is 18.9 Å². The van der Waals surface area contributed by atoms with Gasteiger partial charge in [-0.1, -0.05) is 58.3 Å². The van der Waals surface area contributed by atoms with Crippen LogP contribution in [0.3, 0.4) is 0 Å². The molecule has 1 N–H and O–H groups in total. The van der Waals surface area contributed by atoms with Gasteiger partial charge in [-0.05, 0) is 6.42 Å². The molecule has 0 heterocycles. The van der Waals surface area contributed by atoms with Crippen LogP contribution in [0.2, 0.25) is 0 Å². The largest absolute Gasteiger partial charge is 1.00 e. The van der Waals surface area contributed by atoms with Crippen LogP contribution in [0, 0.1) is 0 Å². The van der Waals surface area contributed by atoms with Gasteiger partial charge < -0.3 is 5.61 Å². The molecule has 0 aliphatic heterocycles. The average Bonchev–Trinajstić information content (AvgIpc) is 2.24. The summed E-state index contributed by atoms with van der Waals surface area (Å²) in [6.45, 7) is 2.19. The molecule has 0 rings (SSSR count). The van der Waals surface area contributed by atoms with Gasteiger partial charge in [0, 0.05) is 6.42 Å². The summed E-state index contributed by atoms with van der Waals surface area (Å²) in [7, 11) is -4.63. The first kappa shape index (κ1) is 21.3. The van der Waals surface area contributed by atoms with Gasteiger partial charge in [-0.25, -0.2) is 0 Å². The summed E-state index contributed by atoms with van der Waals surface area (Å²) in [4.78, 5) is 10.9. The van der Waals surface area contributed by atoms with E-state index in [2.05, 4.69) is 11.1 Å². The maximum absolute atomic E-state index is 10.9. The fourth-order valence-corrected chi connectivity index (χ4v) is 2.06. The van der Waals surface area contributed by atoms with Gasteiger partial charge in [0.2, 0.25) is 0 Å². The van der Waals surface area contributed by atoms with Crippen LogP contribution in [0.1, 0.15) is 72.6 Å².